The van der Waals surface area contributed by atoms with E-state index >= 15 is 0 Å². The van der Waals surface area contributed by atoms with Crippen LogP contribution in [-0.2, 0) is 0 Å². The van der Waals surface area contributed by atoms with E-state index < -0.39 is 73.3 Å². The minimum Gasteiger partial charge on any atom is -0.386 e. The fourth-order valence-corrected chi connectivity index (χ4v) is 3.95. The molecule has 34 heavy (non-hydrogen) atoms. The number of quaternary nitrogens is 1. The molecule has 0 bridgehead atoms. The first-order valence-corrected chi connectivity index (χ1v) is 10.5. The fraction of sp³-hybridized carbons (Fsp3) is 1.00. The molecule has 208 valence electrons. The van der Waals surface area contributed by atoms with Crippen LogP contribution in [0.25, 0.3) is 0 Å². The Hall–Kier alpha value is -0.350. The van der Waals surface area contributed by atoms with Crippen molar-refractivity contribution in [1.82, 2.24) is 0 Å². The number of rotatable bonds is 11. The average molecular weight is 575 g/mol. The van der Waals surface area contributed by atoms with E-state index in [1.807, 2.05) is 0 Å². The van der Waals surface area contributed by atoms with Crippen LogP contribution >= 0.6 is 24.2 Å². The highest BCUT2D eigenvalue weighted by molar-refractivity contribution is 7.99. The molecule has 17 heteroatoms. The molecule has 0 aliphatic heterocycles. The van der Waals surface area contributed by atoms with E-state index in [0.717, 1.165) is 11.8 Å². The molecule has 0 aromatic rings. The summed E-state index contributed by atoms with van der Waals surface area (Å²) < 4.78 is 169. The zero-order chi connectivity index (χ0) is 26.7. The summed E-state index contributed by atoms with van der Waals surface area (Å²) in [5.74, 6) is -7.37. The number of hydrogen-bond donors (Lipinski definition) is 1. The third kappa shape index (κ3) is 11.6. The molecule has 0 fully saturated rings. The van der Waals surface area contributed by atoms with E-state index in [2.05, 4.69) is 0 Å². The summed E-state index contributed by atoms with van der Waals surface area (Å²) in [6.07, 6.45) is -32.5. The first-order valence-electron chi connectivity index (χ1n) is 9.33. The summed E-state index contributed by atoms with van der Waals surface area (Å²) in [4.78, 5) is 0. The Morgan fingerprint density at radius 2 is 1.15 bits per heavy atom. The summed E-state index contributed by atoms with van der Waals surface area (Å²) in [6, 6.07) is 0. The van der Waals surface area contributed by atoms with Gasteiger partial charge in [-0.15, -0.1) is 12.4 Å². The Morgan fingerprint density at radius 1 is 0.735 bits per heavy atom. The smallest absolute Gasteiger partial charge is 0.386 e. The summed E-state index contributed by atoms with van der Waals surface area (Å²) in [5, 5.41) is 9.78. The third-order valence-electron chi connectivity index (χ3n) is 4.60. The number of aliphatic hydroxyl groups is 1. The van der Waals surface area contributed by atoms with Crippen molar-refractivity contribution in [2.45, 2.75) is 55.7 Å². The highest BCUT2D eigenvalue weighted by Gasteiger charge is 2.74. The molecule has 0 aliphatic rings. The fourth-order valence-electron chi connectivity index (χ4n) is 2.95. The molecule has 2 nitrogen and oxygen atoms in total. The number of nitrogens with zero attached hydrogens (tertiary/aromatic N) is 1. The second-order valence-corrected chi connectivity index (χ2v) is 9.85. The highest BCUT2D eigenvalue weighted by Crippen LogP contribution is 2.53. The average Bonchev–Trinajstić information content (AvgIpc) is 2.50. The topological polar surface area (TPSA) is 20.2 Å². The number of aliphatic hydroxyl groups excluding tert-OH is 1. The lowest BCUT2D eigenvalue weighted by Gasteiger charge is -2.35. The van der Waals surface area contributed by atoms with Gasteiger partial charge in [-0.3, -0.25) is 0 Å². The molecule has 0 aromatic heterocycles. The lowest BCUT2D eigenvalue weighted by atomic mass is 9.83. The molecule has 0 aliphatic carbocycles. The first kappa shape index (κ1) is 35.8. The van der Waals surface area contributed by atoms with Crippen molar-refractivity contribution < 1.29 is 66.7 Å². The zero-order valence-electron chi connectivity index (χ0n) is 18.1. The molecule has 0 aromatic carbocycles. The third-order valence-corrected chi connectivity index (χ3v) is 5.75. The zero-order valence-corrected chi connectivity index (χ0v) is 19.7. The van der Waals surface area contributed by atoms with Crippen LogP contribution < -0.4 is 0 Å². The Bertz CT molecular complexity index is 585. The van der Waals surface area contributed by atoms with E-state index in [1.165, 1.54) is 0 Å². The molecular weight excluding hydrogens is 549 g/mol. The van der Waals surface area contributed by atoms with Crippen LogP contribution in [0.15, 0.2) is 0 Å². The van der Waals surface area contributed by atoms with Gasteiger partial charge in [0.15, 0.2) is 0 Å². The van der Waals surface area contributed by atoms with Gasteiger partial charge in [0.05, 0.1) is 33.0 Å². The van der Waals surface area contributed by atoms with Gasteiger partial charge >= 0.3 is 24.7 Å². The summed E-state index contributed by atoms with van der Waals surface area (Å²) in [6.45, 7) is 0.194. The molecule has 3 atom stereocenters. The van der Waals surface area contributed by atoms with Crippen molar-refractivity contribution in [3.8, 4) is 0 Å². The second kappa shape index (κ2) is 12.3. The molecule has 0 saturated carbocycles. The van der Waals surface area contributed by atoms with Crippen molar-refractivity contribution in [3.63, 3.8) is 0 Å². The van der Waals surface area contributed by atoms with Crippen LogP contribution in [-0.4, -0.2) is 85.3 Å². The van der Waals surface area contributed by atoms with Crippen molar-refractivity contribution in [3.05, 3.63) is 0 Å². The molecule has 0 spiro atoms. The van der Waals surface area contributed by atoms with Gasteiger partial charge in [0.25, 0.3) is 5.67 Å². The van der Waals surface area contributed by atoms with Crippen LogP contribution in [0.1, 0.15) is 19.3 Å². The Kier molecular flexibility index (Phi) is 12.9. The van der Waals surface area contributed by atoms with Crippen LogP contribution in [0.4, 0.5) is 57.1 Å². The van der Waals surface area contributed by atoms with E-state index in [0.29, 0.717) is 4.48 Å². The van der Waals surface area contributed by atoms with E-state index in [9.17, 15) is 62.2 Å². The number of thioether (sulfide) groups is 1. The van der Waals surface area contributed by atoms with Crippen molar-refractivity contribution >= 4 is 24.2 Å². The maximum Gasteiger partial charge on any atom is 0.431 e. The monoisotopic (exact) mass is 574 g/mol. The quantitative estimate of drug-likeness (QED) is 0.171. The summed E-state index contributed by atoms with van der Waals surface area (Å²) in [7, 11) is 5.12. The predicted octanol–water partition coefficient (Wildman–Crippen LogP) is 6.57. The maximum absolute atomic E-state index is 13.8. The Labute approximate surface area is 198 Å². The molecule has 0 amide bonds. The van der Waals surface area contributed by atoms with Crippen LogP contribution in [0, 0.1) is 11.8 Å². The molecule has 1 N–H and O–H groups in total. The maximum atomic E-state index is 13.8. The van der Waals surface area contributed by atoms with Crippen molar-refractivity contribution in [2.24, 2.45) is 11.8 Å². The van der Waals surface area contributed by atoms with Crippen LogP contribution in [0.2, 0.25) is 0 Å². The van der Waals surface area contributed by atoms with Gasteiger partial charge in [-0.1, -0.05) is 0 Å². The molecule has 3 unspecified atom stereocenters. The van der Waals surface area contributed by atoms with Gasteiger partial charge in [-0.05, 0) is 18.6 Å². The van der Waals surface area contributed by atoms with Gasteiger partial charge < -0.3 is 9.59 Å². The van der Waals surface area contributed by atoms with Crippen LogP contribution in [0.5, 0.6) is 0 Å². The van der Waals surface area contributed by atoms with Crippen molar-refractivity contribution in [1.29, 1.82) is 0 Å². The Morgan fingerprint density at radius 3 is 1.47 bits per heavy atom. The summed E-state index contributed by atoms with van der Waals surface area (Å²) >= 11 is 0.727. The lowest BCUT2D eigenvalue weighted by molar-refractivity contribution is -0.873. The normalized spacial score (nSPS) is 17.2. The first-order chi connectivity index (χ1) is 14.3. The van der Waals surface area contributed by atoms with E-state index in [1.54, 1.807) is 21.1 Å². The number of likely N-dealkylation sites (N-methyl/N-ethyl adjacent to an activating group) is 1. The van der Waals surface area contributed by atoms with Gasteiger partial charge in [-0.25, -0.2) is 4.39 Å². The minimum atomic E-state index is -6.82. The predicted molar refractivity (Wildman–Crippen MR) is 102 cm³/mol. The second-order valence-electron chi connectivity index (χ2n) is 8.70. The van der Waals surface area contributed by atoms with Gasteiger partial charge in [-0.2, -0.15) is 64.4 Å². The molecule has 0 rings (SSSR count). The lowest BCUT2D eigenvalue weighted by Crippen LogP contribution is -2.55. The number of hydrogen-bond acceptors (Lipinski definition) is 2. The van der Waals surface area contributed by atoms with E-state index in [-0.39, 0.29) is 24.7 Å². The van der Waals surface area contributed by atoms with E-state index in [4.69, 9.17) is 0 Å². The van der Waals surface area contributed by atoms with Crippen LogP contribution in [0.3, 0.4) is 0 Å². The minimum absolute atomic E-state index is 0. The standard InChI is InChI=1S/C17H25F13NOS.ClH/c1-31(2,3)8-12(32)9-33-5-4-10(14(19,20)21)6-11(15(22,23)24)7-13(18,16(25,26)27)17(28,29)30;/h10-12,32H,4-9H2,1-3H3;1H/q+1;. The molecule has 0 radical (unpaired) electrons. The molecule has 0 heterocycles. The van der Waals surface area contributed by atoms with Gasteiger partial charge in [0.2, 0.25) is 0 Å². The molecular formula is C17H26ClF13NOS+. The molecule has 0 saturated heterocycles. The highest BCUT2D eigenvalue weighted by atomic mass is 35.5. The summed E-state index contributed by atoms with van der Waals surface area (Å²) in [5.41, 5.74) is -6.33. The largest absolute Gasteiger partial charge is 0.431 e. The SMILES string of the molecule is C[N+](C)(C)CC(O)CSCCC(CC(CC(F)(C(F)(F)F)C(F)(F)F)C(F)(F)F)C(F)(F)F.Cl. The Balaban J connectivity index is 0. The van der Waals surface area contributed by atoms with Gasteiger partial charge in [0, 0.05) is 12.2 Å². The number of alkyl halides is 13. The van der Waals surface area contributed by atoms with Gasteiger partial charge in [0.1, 0.15) is 12.6 Å². The number of halogens is 14. The van der Waals surface area contributed by atoms with Crippen molar-refractivity contribution in [2.75, 3.05) is 39.2 Å².